The lowest BCUT2D eigenvalue weighted by Crippen LogP contribution is -2.42. The first-order chi connectivity index (χ1) is 13.0. The number of anilines is 3. The first kappa shape index (κ1) is 18.9. The third kappa shape index (κ3) is 5.06. The van der Waals surface area contributed by atoms with E-state index in [0.29, 0.717) is 30.5 Å². The zero-order chi connectivity index (χ0) is 19.3. The van der Waals surface area contributed by atoms with Crippen molar-refractivity contribution in [3.8, 4) is 6.07 Å². The van der Waals surface area contributed by atoms with E-state index in [9.17, 15) is 4.39 Å². The maximum atomic E-state index is 14.5. The third-order valence-corrected chi connectivity index (χ3v) is 3.90. The van der Waals surface area contributed by atoms with Crippen molar-refractivity contribution in [2.24, 2.45) is 0 Å². The number of nitrogens with one attached hydrogen (secondary N) is 3. The highest BCUT2D eigenvalue weighted by Crippen LogP contribution is 2.30. The van der Waals surface area contributed by atoms with Crippen LogP contribution in [0.3, 0.4) is 0 Å². The lowest BCUT2D eigenvalue weighted by atomic mass is 10.1. The fourth-order valence-corrected chi connectivity index (χ4v) is 2.58. The summed E-state index contributed by atoms with van der Waals surface area (Å²) in [7, 11) is 0. The second-order valence-corrected chi connectivity index (χ2v) is 6.57. The van der Waals surface area contributed by atoms with Crippen molar-refractivity contribution >= 4 is 17.3 Å². The Morgan fingerprint density at radius 3 is 2.81 bits per heavy atom. The molecule has 0 radical (unpaired) electrons. The Bertz CT molecular complexity index is 809. The van der Waals surface area contributed by atoms with E-state index in [4.69, 9.17) is 10.00 Å². The van der Waals surface area contributed by atoms with Gasteiger partial charge in [0.15, 0.2) is 17.2 Å². The maximum Gasteiger partial charge on any atom is 0.158 e. The lowest BCUT2D eigenvalue weighted by molar-refractivity contribution is 0.0372. The number of nitrogens with zero attached hydrogens (tertiary/aromatic N) is 5. The molecule has 0 bridgehead atoms. The molecule has 9 nitrogen and oxygen atoms in total. The minimum absolute atomic E-state index is 0.0108. The highest BCUT2D eigenvalue weighted by Gasteiger charge is 2.26. The molecule has 0 aromatic carbocycles. The predicted octanol–water partition coefficient (Wildman–Crippen LogP) is 1.49. The Balaban J connectivity index is 1.77. The molecule has 1 aliphatic heterocycles. The second kappa shape index (κ2) is 8.20. The summed E-state index contributed by atoms with van der Waals surface area (Å²) in [5.74, 6) is 0.786. The fourth-order valence-electron chi connectivity index (χ4n) is 2.58. The number of hydrogen-bond donors (Lipinski definition) is 3. The average molecular weight is 372 g/mol. The molecule has 0 spiro atoms. The number of rotatable bonds is 6. The van der Waals surface area contributed by atoms with Gasteiger partial charge in [0, 0.05) is 25.7 Å². The number of morpholine rings is 1. The van der Waals surface area contributed by atoms with Crippen LogP contribution in [0.5, 0.6) is 0 Å². The molecule has 3 heterocycles. The van der Waals surface area contributed by atoms with E-state index in [2.05, 4.69) is 36.1 Å². The normalized spacial score (nSPS) is 17.2. The average Bonchev–Trinajstić information content (AvgIpc) is 2.67. The molecule has 27 heavy (non-hydrogen) atoms. The van der Waals surface area contributed by atoms with E-state index in [1.165, 1.54) is 26.2 Å². The van der Waals surface area contributed by atoms with Crippen LogP contribution in [0.25, 0.3) is 0 Å². The van der Waals surface area contributed by atoms with Gasteiger partial charge in [-0.3, -0.25) is 0 Å². The van der Waals surface area contributed by atoms with E-state index >= 15 is 0 Å². The van der Waals surface area contributed by atoms with Crippen molar-refractivity contribution < 1.29 is 9.13 Å². The Morgan fingerprint density at radius 1 is 1.33 bits per heavy atom. The SMILES string of the molecule is CC(C)(F)c1nnc(Nc2cnc(C#N)cn2)cc1NCC1CNCCO1. The molecule has 0 amide bonds. The summed E-state index contributed by atoms with van der Waals surface area (Å²) >= 11 is 0. The number of alkyl halides is 1. The van der Waals surface area contributed by atoms with Crippen molar-refractivity contribution in [2.45, 2.75) is 25.6 Å². The van der Waals surface area contributed by atoms with Crippen LogP contribution in [0.1, 0.15) is 25.2 Å². The highest BCUT2D eigenvalue weighted by atomic mass is 19.1. The molecule has 0 saturated carbocycles. The van der Waals surface area contributed by atoms with Gasteiger partial charge in [0.25, 0.3) is 0 Å². The van der Waals surface area contributed by atoms with Crippen LogP contribution in [0.4, 0.5) is 21.7 Å². The molecule has 2 aromatic heterocycles. The summed E-state index contributed by atoms with van der Waals surface area (Å²) in [6.45, 7) is 5.58. The van der Waals surface area contributed by atoms with Crippen LogP contribution < -0.4 is 16.0 Å². The summed E-state index contributed by atoms with van der Waals surface area (Å²) in [6, 6.07) is 3.57. The monoisotopic (exact) mass is 372 g/mol. The molecule has 1 saturated heterocycles. The maximum absolute atomic E-state index is 14.5. The van der Waals surface area contributed by atoms with Gasteiger partial charge in [0.05, 0.1) is 30.8 Å². The van der Waals surface area contributed by atoms with Crippen molar-refractivity contribution in [1.29, 1.82) is 5.26 Å². The van der Waals surface area contributed by atoms with Gasteiger partial charge in [-0.1, -0.05) is 0 Å². The molecule has 1 unspecified atom stereocenters. The Morgan fingerprint density at radius 2 is 2.19 bits per heavy atom. The number of hydrogen-bond acceptors (Lipinski definition) is 9. The number of halogens is 1. The zero-order valence-electron chi connectivity index (χ0n) is 15.2. The van der Waals surface area contributed by atoms with Crippen molar-refractivity contribution in [3.05, 3.63) is 29.8 Å². The summed E-state index contributed by atoms with van der Waals surface area (Å²) in [5, 5.41) is 26.2. The molecule has 10 heteroatoms. The summed E-state index contributed by atoms with van der Waals surface area (Å²) in [5.41, 5.74) is -0.712. The number of ether oxygens (including phenoxy) is 1. The van der Waals surface area contributed by atoms with Crippen molar-refractivity contribution in [3.63, 3.8) is 0 Å². The topological polar surface area (TPSA) is 121 Å². The lowest BCUT2D eigenvalue weighted by Gasteiger charge is -2.25. The molecule has 1 fully saturated rings. The third-order valence-electron chi connectivity index (χ3n) is 3.90. The van der Waals surface area contributed by atoms with Crippen LogP contribution in [0, 0.1) is 11.3 Å². The largest absolute Gasteiger partial charge is 0.381 e. The minimum Gasteiger partial charge on any atom is -0.381 e. The van der Waals surface area contributed by atoms with Gasteiger partial charge in [0.1, 0.15) is 17.6 Å². The van der Waals surface area contributed by atoms with Gasteiger partial charge in [-0.05, 0) is 13.8 Å². The van der Waals surface area contributed by atoms with Crippen LogP contribution in [-0.4, -0.2) is 52.5 Å². The first-order valence-electron chi connectivity index (χ1n) is 8.58. The van der Waals surface area contributed by atoms with E-state index in [1.54, 1.807) is 6.07 Å². The highest BCUT2D eigenvalue weighted by molar-refractivity contribution is 5.60. The molecular weight excluding hydrogens is 351 g/mol. The minimum atomic E-state index is -1.66. The van der Waals surface area contributed by atoms with Gasteiger partial charge in [-0.15, -0.1) is 10.2 Å². The standard InChI is InChI=1S/C17H21FN8O/c1-17(2,18)16-13(22-9-12-8-20-3-4-27-12)5-14(25-26-16)24-15-10-21-11(6-19)7-23-15/h5,7,10,12,20H,3-4,8-9H2,1-2H3,(H2,22,23,24,25). The van der Waals surface area contributed by atoms with E-state index < -0.39 is 5.67 Å². The smallest absolute Gasteiger partial charge is 0.158 e. The molecule has 0 aliphatic carbocycles. The van der Waals surface area contributed by atoms with Crippen LogP contribution in [0.2, 0.25) is 0 Å². The number of nitriles is 1. The molecular formula is C17H21FN8O. The van der Waals surface area contributed by atoms with Crippen molar-refractivity contribution in [2.75, 3.05) is 36.9 Å². The molecule has 3 N–H and O–H groups in total. The fraction of sp³-hybridized carbons (Fsp3) is 0.471. The summed E-state index contributed by atoms with van der Waals surface area (Å²) < 4.78 is 20.2. The predicted molar refractivity (Wildman–Crippen MR) is 97.3 cm³/mol. The van der Waals surface area contributed by atoms with E-state index in [0.717, 1.165) is 13.1 Å². The Hall–Kier alpha value is -2.90. The molecule has 142 valence electrons. The molecule has 3 rings (SSSR count). The van der Waals surface area contributed by atoms with Crippen LogP contribution in [0.15, 0.2) is 18.5 Å². The van der Waals surface area contributed by atoms with Gasteiger partial charge in [0.2, 0.25) is 0 Å². The zero-order valence-corrected chi connectivity index (χ0v) is 15.2. The van der Waals surface area contributed by atoms with Gasteiger partial charge in [-0.2, -0.15) is 5.26 Å². The van der Waals surface area contributed by atoms with Gasteiger partial charge < -0.3 is 20.7 Å². The van der Waals surface area contributed by atoms with Gasteiger partial charge in [-0.25, -0.2) is 14.4 Å². The molecule has 2 aromatic rings. The van der Waals surface area contributed by atoms with Crippen LogP contribution >= 0.6 is 0 Å². The first-order valence-corrected chi connectivity index (χ1v) is 8.58. The van der Waals surface area contributed by atoms with Crippen molar-refractivity contribution in [1.82, 2.24) is 25.5 Å². The van der Waals surface area contributed by atoms with E-state index in [-0.39, 0.29) is 17.5 Å². The molecule has 1 atom stereocenters. The Kier molecular flexibility index (Phi) is 5.73. The second-order valence-electron chi connectivity index (χ2n) is 6.57. The quantitative estimate of drug-likeness (QED) is 0.692. The summed E-state index contributed by atoms with van der Waals surface area (Å²) in [4.78, 5) is 8.02. The Labute approximate surface area is 156 Å². The van der Waals surface area contributed by atoms with Crippen LogP contribution in [-0.2, 0) is 10.4 Å². The van der Waals surface area contributed by atoms with Gasteiger partial charge >= 0.3 is 0 Å². The molecule has 1 aliphatic rings. The van der Waals surface area contributed by atoms with E-state index in [1.807, 2.05) is 6.07 Å². The number of aromatic nitrogens is 4. The summed E-state index contributed by atoms with van der Waals surface area (Å²) in [6.07, 6.45) is 2.76.